The van der Waals surface area contributed by atoms with Gasteiger partial charge in [-0.25, -0.2) is 0 Å². The lowest BCUT2D eigenvalue weighted by molar-refractivity contribution is -0.137. The van der Waals surface area contributed by atoms with E-state index in [-0.39, 0.29) is 17.7 Å². The summed E-state index contributed by atoms with van der Waals surface area (Å²) in [6.07, 6.45) is 1.06. The third-order valence-electron chi connectivity index (χ3n) is 4.24. The molecule has 1 aromatic carbocycles. The Morgan fingerprint density at radius 1 is 1.26 bits per heavy atom. The molecular weight excluding hydrogens is 292 g/mol. The molecule has 0 aliphatic carbocycles. The number of carbonyl (C=O) groups is 2. The molecule has 0 spiro atoms. The summed E-state index contributed by atoms with van der Waals surface area (Å²) in [5.41, 5.74) is 1.63. The fourth-order valence-electron chi connectivity index (χ4n) is 2.79. The van der Waals surface area contributed by atoms with E-state index in [0.717, 1.165) is 18.4 Å². The number of rotatable bonds is 4. The Labute approximate surface area is 137 Å². The summed E-state index contributed by atoms with van der Waals surface area (Å²) in [5, 5.41) is 12.6. The van der Waals surface area contributed by atoms with Gasteiger partial charge in [0.25, 0.3) is 5.91 Å². The number of aryl methyl sites for hydroxylation is 1. The van der Waals surface area contributed by atoms with Crippen LogP contribution in [0, 0.1) is 12.8 Å². The maximum atomic E-state index is 12.7. The maximum absolute atomic E-state index is 12.7. The van der Waals surface area contributed by atoms with Crippen molar-refractivity contribution in [1.29, 1.82) is 0 Å². The van der Waals surface area contributed by atoms with E-state index in [2.05, 4.69) is 5.32 Å². The van der Waals surface area contributed by atoms with E-state index in [4.69, 9.17) is 0 Å². The number of nitrogens with zero attached hydrogens (tertiary/aromatic N) is 1. The first-order valence-electron chi connectivity index (χ1n) is 8.23. The van der Waals surface area contributed by atoms with Crippen molar-refractivity contribution in [2.75, 3.05) is 13.1 Å². The van der Waals surface area contributed by atoms with Gasteiger partial charge < -0.3 is 15.3 Å². The van der Waals surface area contributed by atoms with Gasteiger partial charge in [-0.05, 0) is 37.8 Å². The molecule has 2 atom stereocenters. The summed E-state index contributed by atoms with van der Waals surface area (Å²) < 4.78 is 0. The molecular formula is C18H26N2O3. The van der Waals surface area contributed by atoms with Gasteiger partial charge in [-0.15, -0.1) is 0 Å². The Bertz CT molecular complexity index is 554. The van der Waals surface area contributed by atoms with Crippen LogP contribution >= 0.6 is 0 Å². The molecule has 2 unspecified atom stereocenters. The second-order valence-corrected chi connectivity index (χ2v) is 6.64. The summed E-state index contributed by atoms with van der Waals surface area (Å²) in [7, 11) is 0. The molecule has 126 valence electrons. The van der Waals surface area contributed by atoms with Crippen LogP contribution in [0.25, 0.3) is 0 Å². The van der Waals surface area contributed by atoms with Crippen LogP contribution in [0.2, 0.25) is 0 Å². The van der Waals surface area contributed by atoms with Gasteiger partial charge in [0.1, 0.15) is 6.04 Å². The predicted molar refractivity (Wildman–Crippen MR) is 89.1 cm³/mol. The van der Waals surface area contributed by atoms with Gasteiger partial charge in [-0.2, -0.15) is 0 Å². The average molecular weight is 318 g/mol. The molecule has 1 fully saturated rings. The van der Waals surface area contributed by atoms with E-state index in [9.17, 15) is 14.7 Å². The van der Waals surface area contributed by atoms with Crippen molar-refractivity contribution in [2.24, 2.45) is 5.92 Å². The van der Waals surface area contributed by atoms with Crippen LogP contribution in [0.1, 0.15) is 42.6 Å². The Hall–Kier alpha value is -1.88. The molecule has 1 aliphatic heterocycles. The van der Waals surface area contributed by atoms with Crippen LogP contribution in [0.4, 0.5) is 0 Å². The molecule has 2 N–H and O–H groups in total. The van der Waals surface area contributed by atoms with Crippen LogP contribution in [0.3, 0.4) is 0 Å². The fourth-order valence-corrected chi connectivity index (χ4v) is 2.79. The maximum Gasteiger partial charge on any atom is 0.251 e. The molecule has 0 saturated carbocycles. The minimum absolute atomic E-state index is 0.0176. The van der Waals surface area contributed by atoms with Crippen LogP contribution in [-0.2, 0) is 4.79 Å². The molecule has 1 saturated heterocycles. The molecule has 0 radical (unpaired) electrons. The lowest BCUT2D eigenvalue weighted by Crippen LogP contribution is -2.54. The Kier molecular flexibility index (Phi) is 5.77. The van der Waals surface area contributed by atoms with E-state index >= 15 is 0 Å². The van der Waals surface area contributed by atoms with Crippen molar-refractivity contribution in [3.05, 3.63) is 35.4 Å². The van der Waals surface area contributed by atoms with Gasteiger partial charge in [-0.1, -0.05) is 31.5 Å². The molecule has 23 heavy (non-hydrogen) atoms. The van der Waals surface area contributed by atoms with Crippen LogP contribution in [0.5, 0.6) is 0 Å². The SMILES string of the molecule is Cc1ccc(C(=O)NC(C(=O)N2CCCC(O)C2)C(C)C)cc1. The smallest absolute Gasteiger partial charge is 0.251 e. The van der Waals surface area contributed by atoms with Gasteiger partial charge in [0.05, 0.1) is 6.10 Å². The number of benzene rings is 1. The lowest BCUT2D eigenvalue weighted by Gasteiger charge is -2.34. The number of amides is 2. The molecule has 1 aromatic rings. The van der Waals surface area contributed by atoms with Gasteiger partial charge in [0, 0.05) is 18.7 Å². The first kappa shape index (κ1) is 17.5. The van der Waals surface area contributed by atoms with Crippen LogP contribution in [-0.4, -0.2) is 47.1 Å². The number of likely N-dealkylation sites (tertiary alicyclic amines) is 1. The number of hydrogen-bond acceptors (Lipinski definition) is 3. The second kappa shape index (κ2) is 7.59. The minimum atomic E-state index is -0.575. The zero-order valence-electron chi connectivity index (χ0n) is 14.1. The van der Waals surface area contributed by atoms with Crippen LogP contribution < -0.4 is 5.32 Å². The largest absolute Gasteiger partial charge is 0.391 e. The molecule has 5 heteroatoms. The zero-order chi connectivity index (χ0) is 17.0. The Balaban J connectivity index is 2.07. The quantitative estimate of drug-likeness (QED) is 0.888. The number of aliphatic hydroxyl groups excluding tert-OH is 1. The highest BCUT2D eigenvalue weighted by atomic mass is 16.3. The normalized spacial score (nSPS) is 19.5. The highest BCUT2D eigenvalue weighted by molar-refractivity contribution is 5.97. The Morgan fingerprint density at radius 3 is 2.48 bits per heavy atom. The van der Waals surface area contributed by atoms with Gasteiger partial charge in [-0.3, -0.25) is 9.59 Å². The number of β-amino-alcohol motifs (C(OH)–C–C–N with tert-alkyl or cyclic N) is 1. The highest BCUT2D eigenvalue weighted by Crippen LogP contribution is 2.15. The first-order chi connectivity index (χ1) is 10.9. The number of piperidine rings is 1. The van der Waals surface area contributed by atoms with E-state index in [1.54, 1.807) is 17.0 Å². The van der Waals surface area contributed by atoms with Crippen molar-refractivity contribution in [1.82, 2.24) is 10.2 Å². The van der Waals surface area contributed by atoms with Crippen molar-refractivity contribution in [3.63, 3.8) is 0 Å². The van der Waals surface area contributed by atoms with E-state index in [1.165, 1.54) is 0 Å². The third kappa shape index (κ3) is 4.55. The summed E-state index contributed by atoms with van der Waals surface area (Å²) in [4.78, 5) is 26.8. The first-order valence-corrected chi connectivity index (χ1v) is 8.23. The standard InChI is InChI=1S/C18H26N2O3/c1-12(2)16(18(23)20-10-4-5-15(21)11-20)19-17(22)14-8-6-13(3)7-9-14/h6-9,12,15-16,21H,4-5,10-11H2,1-3H3,(H,19,22). The molecule has 2 amide bonds. The number of carbonyl (C=O) groups excluding carboxylic acids is 2. The number of hydrogen-bond donors (Lipinski definition) is 2. The summed E-state index contributed by atoms with van der Waals surface area (Å²) in [6, 6.07) is 6.70. The fraction of sp³-hybridized carbons (Fsp3) is 0.556. The molecule has 0 aromatic heterocycles. The molecule has 2 rings (SSSR count). The monoisotopic (exact) mass is 318 g/mol. The summed E-state index contributed by atoms with van der Waals surface area (Å²) in [5.74, 6) is -0.371. The Morgan fingerprint density at radius 2 is 1.91 bits per heavy atom. The van der Waals surface area contributed by atoms with Crippen molar-refractivity contribution in [3.8, 4) is 0 Å². The van der Waals surface area contributed by atoms with E-state index in [0.29, 0.717) is 18.7 Å². The molecule has 1 aliphatic rings. The second-order valence-electron chi connectivity index (χ2n) is 6.64. The third-order valence-corrected chi connectivity index (χ3v) is 4.24. The average Bonchev–Trinajstić information content (AvgIpc) is 2.52. The van der Waals surface area contributed by atoms with Crippen molar-refractivity contribution < 1.29 is 14.7 Å². The van der Waals surface area contributed by atoms with Crippen LogP contribution in [0.15, 0.2) is 24.3 Å². The predicted octanol–water partition coefficient (Wildman–Crippen LogP) is 1.73. The highest BCUT2D eigenvalue weighted by Gasteiger charge is 2.31. The van der Waals surface area contributed by atoms with E-state index in [1.807, 2.05) is 32.9 Å². The topological polar surface area (TPSA) is 69.6 Å². The number of aliphatic hydroxyl groups is 1. The van der Waals surface area contributed by atoms with E-state index < -0.39 is 12.1 Å². The lowest BCUT2D eigenvalue weighted by atomic mass is 10.00. The summed E-state index contributed by atoms with van der Waals surface area (Å²) in [6.45, 7) is 6.78. The van der Waals surface area contributed by atoms with Gasteiger partial charge in [0.15, 0.2) is 0 Å². The van der Waals surface area contributed by atoms with Crippen molar-refractivity contribution >= 4 is 11.8 Å². The molecule has 0 bridgehead atoms. The zero-order valence-corrected chi connectivity index (χ0v) is 14.1. The van der Waals surface area contributed by atoms with Gasteiger partial charge >= 0.3 is 0 Å². The minimum Gasteiger partial charge on any atom is -0.391 e. The number of nitrogens with one attached hydrogen (secondary N) is 1. The van der Waals surface area contributed by atoms with Gasteiger partial charge in [0.2, 0.25) is 5.91 Å². The molecule has 1 heterocycles. The summed E-state index contributed by atoms with van der Waals surface area (Å²) >= 11 is 0. The molecule has 5 nitrogen and oxygen atoms in total. The van der Waals surface area contributed by atoms with Crippen molar-refractivity contribution in [2.45, 2.75) is 45.8 Å².